The molecule has 0 amide bonds. The van der Waals surface area contributed by atoms with E-state index in [1.807, 2.05) is 0 Å². The van der Waals surface area contributed by atoms with Gasteiger partial charge in [0.15, 0.2) is 30.5 Å². The highest BCUT2D eigenvalue weighted by Crippen LogP contribution is 2.39. The molecular formula is C50H51F14O51S7-7. The first-order valence-electron chi connectivity index (χ1n) is 31.1. The van der Waals surface area contributed by atoms with Crippen LogP contribution < -0.4 is 36.8 Å². The molecule has 7 saturated heterocycles. The Morgan fingerprint density at radius 3 is 1.14 bits per heavy atom. The van der Waals surface area contributed by atoms with E-state index in [2.05, 4.69) is 127 Å². The summed E-state index contributed by atoms with van der Waals surface area (Å²) in [6, 6.07) is 0. The molecule has 7 fully saturated rings. The number of esters is 14. The SMILES string of the molecule is CC1(OC(=O)C(F)(F)SOO[O-])CCCOC1=O.CC1CCC(OC(=O)C(F)(F)SOO[O-])C(=O)O1.O=C1CCC(COC(=O)C(F)(F)SOO[O-])O1.O=C1OCC(O)C1OC(=O)C(F)(F)SOO[O-].O=C1OCC(OC(=O)C(F)(F)SOO[O-])C1O.O=C1OCCCC1OC(=O)C(F)(F)SOO[O-].O=C1OCCCCC1OC(=O)C(F)(F)SOO[O-]. The Hall–Kier alpha value is -6.87. The third-order valence-electron chi connectivity index (χ3n) is 13.1. The number of hydrogen-bond donors (Lipinski definition) is 2. The first kappa shape index (κ1) is 113. The Morgan fingerprint density at radius 2 is 0.779 bits per heavy atom. The number of ether oxygens (including phenoxy) is 14. The van der Waals surface area contributed by atoms with Crippen LogP contribution in [-0.2, 0) is 199 Å². The Labute approximate surface area is 694 Å². The molecule has 0 aromatic carbocycles. The fourth-order valence-electron chi connectivity index (χ4n) is 7.59. The van der Waals surface area contributed by atoms with Crippen LogP contribution in [0.3, 0.4) is 0 Å². The first-order chi connectivity index (χ1) is 56.8. The van der Waals surface area contributed by atoms with Gasteiger partial charge in [0.2, 0.25) is 11.7 Å². The molecular weight excluding hydrogens is 1910 g/mol. The predicted octanol–water partition coefficient (Wildman–Crippen LogP) is -3.77. The van der Waals surface area contributed by atoms with E-state index < -0.39 is 279 Å². The Kier molecular flexibility index (Phi) is 51.5. The zero-order valence-electron chi connectivity index (χ0n) is 59.3. The molecule has 122 heavy (non-hydrogen) atoms. The summed E-state index contributed by atoms with van der Waals surface area (Å²) < 4.78 is 265. The number of rotatable bonds is 36. The van der Waals surface area contributed by atoms with Crippen molar-refractivity contribution in [1.82, 2.24) is 0 Å². The van der Waals surface area contributed by atoms with Crippen LogP contribution in [0.2, 0.25) is 0 Å². The standard InChI is InChI=1S/3C8H10F2O7S.2C7H8F2O7S.2C6H6F2O8S/c1-7(3-2-4-14-5(7)11)15-6(12)8(9,10)18-17-16-13;1-4-2-3-5(6(11)14-4)15-7(12)8(9,10)18-17-16-13;9-8(10,18-17-16-13)7(12)15-5-3-1-2-4-14-6(5)11;8-7(9,17-16-15-12)6(11)13-3-4-1-2-5(10)14-4;8-7(9,17-16-15-12)6(11)14-4-2-1-3-13-5(4)10;7-6(8,17-16-15-12)5(11)14-2-1-13-4(10)3(2)9;7-6(8,17-16-15-12)5(11)14-3-2(9)1-13-4(3)10/h13H,2-4H2,1H3;4-5,13H,2-3H2,1H3;5,13H,1-4H2;2*4,12H,1-3H2;2*2-3,9,12H,1H2/p-7. The normalized spacial score (nSPS) is 22.9. The van der Waals surface area contributed by atoms with Crippen molar-refractivity contribution >= 4 is 168 Å². The number of halogens is 14. The molecule has 704 valence electrons. The number of carbonyl (C=O) groups is 14. The second kappa shape index (κ2) is 55.6. The molecule has 10 unspecified atom stereocenters. The van der Waals surface area contributed by atoms with Crippen LogP contribution in [0.4, 0.5) is 61.5 Å². The molecule has 51 nitrogen and oxygen atoms in total. The minimum absolute atomic E-state index is 0.0667. The molecule has 0 aliphatic carbocycles. The van der Waals surface area contributed by atoms with E-state index in [1.165, 1.54) is 0 Å². The summed E-state index contributed by atoms with van der Waals surface area (Å²) in [5.74, 6) is -20.5. The van der Waals surface area contributed by atoms with Crippen molar-refractivity contribution in [3.8, 4) is 0 Å². The van der Waals surface area contributed by atoms with E-state index in [1.54, 1.807) is 6.92 Å². The Morgan fingerprint density at radius 1 is 0.410 bits per heavy atom. The van der Waals surface area contributed by atoms with Crippen LogP contribution >= 0.6 is 84.3 Å². The summed E-state index contributed by atoms with van der Waals surface area (Å²) in [5, 5.41) is 73.0. The van der Waals surface area contributed by atoms with Crippen LogP contribution in [0.15, 0.2) is 0 Å². The molecule has 7 aliphatic rings. The molecule has 72 heteroatoms. The quantitative estimate of drug-likeness (QED) is 0.0152. The van der Waals surface area contributed by atoms with Gasteiger partial charge in [-0.2, -0.15) is 91.8 Å². The smallest absolute Gasteiger partial charge is 0.415 e. The summed E-state index contributed by atoms with van der Waals surface area (Å²) in [5.41, 5.74) is -1.77. The zero-order chi connectivity index (χ0) is 93.0. The lowest BCUT2D eigenvalue weighted by molar-refractivity contribution is -0.777. The van der Waals surface area contributed by atoms with Crippen molar-refractivity contribution in [2.75, 3.05) is 39.6 Å². The van der Waals surface area contributed by atoms with Crippen molar-refractivity contribution in [2.24, 2.45) is 0 Å². The van der Waals surface area contributed by atoms with Gasteiger partial charge in [-0.3, -0.25) is 40.1 Å². The van der Waals surface area contributed by atoms with Crippen molar-refractivity contribution in [3.63, 3.8) is 0 Å². The van der Waals surface area contributed by atoms with E-state index in [4.69, 9.17) is 14.9 Å². The van der Waals surface area contributed by atoms with Crippen molar-refractivity contribution in [3.05, 3.63) is 0 Å². The fraction of sp³-hybridized carbons (Fsp3) is 0.720. The number of aliphatic hydroxyl groups is 2. The van der Waals surface area contributed by atoms with Crippen LogP contribution in [0.25, 0.3) is 0 Å². The fourth-order valence-corrected chi connectivity index (χ4v) is 9.20. The minimum atomic E-state index is -4.27. The molecule has 7 rings (SSSR count). The number of hydrogen-bond acceptors (Lipinski definition) is 58. The van der Waals surface area contributed by atoms with Crippen LogP contribution in [0.1, 0.15) is 84.5 Å². The van der Waals surface area contributed by atoms with E-state index in [0.717, 1.165) is 6.92 Å². The zero-order valence-corrected chi connectivity index (χ0v) is 65.0. The number of carbonyl (C=O) groups excluding carboxylic acids is 14. The van der Waals surface area contributed by atoms with Gasteiger partial charge in [0.05, 0.1) is 25.9 Å². The second-order valence-electron chi connectivity index (χ2n) is 21.8. The maximum atomic E-state index is 13.0. The predicted molar refractivity (Wildman–Crippen MR) is 321 cm³/mol. The maximum absolute atomic E-state index is 13.0. The van der Waals surface area contributed by atoms with Crippen LogP contribution in [-0.4, -0.2) is 231 Å². The second-order valence-corrected chi connectivity index (χ2v) is 27.5. The number of alkyl halides is 14. The lowest BCUT2D eigenvalue weighted by atomic mass is 9.98. The highest BCUT2D eigenvalue weighted by molar-refractivity contribution is 7.97. The van der Waals surface area contributed by atoms with E-state index in [9.17, 15) is 165 Å². The molecule has 0 aromatic heterocycles. The number of aliphatic hydroxyl groups excluding tert-OH is 2. The molecule has 0 spiro atoms. The van der Waals surface area contributed by atoms with Gasteiger partial charge < -0.3 is 113 Å². The lowest BCUT2D eigenvalue weighted by Gasteiger charge is -2.31. The van der Waals surface area contributed by atoms with Gasteiger partial charge in [-0.1, -0.05) is 0 Å². The van der Waals surface area contributed by atoms with Gasteiger partial charge >= 0.3 is 120 Å². The highest BCUT2D eigenvalue weighted by atomic mass is 32.2. The summed E-state index contributed by atoms with van der Waals surface area (Å²) in [4.78, 5) is 154. The Bertz CT molecular complexity index is 3370. The van der Waals surface area contributed by atoms with E-state index in [0.29, 0.717) is 38.5 Å². The summed E-state index contributed by atoms with van der Waals surface area (Å²) in [6.45, 7) is 1.78. The highest BCUT2D eigenvalue weighted by Gasteiger charge is 2.54. The summed E-state index contributed by atoms with van der Waals surface area (Å²) in [6.07, 6.45) is -8.84. The van der Waals surface area contributed by atoms with Crippen LogP contribution in [0, 0.1) is 0 Å². The summed E-state index contributed by atoms with van der Waals surface area (Å²) in [7, 11) is 0. The van der Waals surface area contributed by atoms with Gasteiger partial charge in [-0.05, 0) is 71.6 Å². The van der Waals surface area contributed by atoms with E-state index >= 15 is 0 Å². The van der Waals surface area contributed by atoms with Crippen molar-refractivity contribution in [1.29, 1.82) is 0 Å². The molecule has 0 radical (unpaired) electrons. The lowest BCUT2D eigenvalue weighted by Crippen LogP contribution is -2.47. The molecule has 10 atom stereocenters. The molecule has 0 aromatic rings. The number of cyclic esters (lactones) is 7. The third-order valence-corrected chi connectivity index (χ3v) is 16.6. The van der Waals surface area contributed by atoms with Crippen molar-refractivity contribution in [2.45, 2.75) is 182 Å². The average Bonchev–Trinajstić information content (AvgIpc) is 1.07. The average molecular weight is 1960 g/mol. The van der Waals surface area contributed by atoms with Gasteiger partial charge in [0.1, 0.15) is 116 Å². The first-order valence-corrected chi connectivity index (χ1v) is 36.2. The molecule has 0 saturated carbocycles. The molecule has 7 heterocycles. The molecule has 7 aliphatic heterocycles. The Balaban J connectivity index is 0.000000712. The van der Waals surface area contributed by atoms with Crippen molar-refractivity contribution < 1.29 is 308 Å². The minimum Gasteiger partial charge on any atom is -0.691 e. The van der Waals surface area contributed by atoms with Gasteiger partial charge in [-0.15, -0.1) is 0 Å². The van der Waals surface area contributed by atoms with Gasteiger partial charge in [-0.25, -0.2) is 62.3 Å². The van der Waals surface area contributed by atoms with Gasteiger partial charge in [0.25, 0.3) is 0 Å². The van der Waals surface area contributed by atoms with Crippen LogP contribution in [0.5, 0.6) is 0 Å². The third kappa shape index (κ3) is 41.5. The molecule has 2 N–H and O–H groups in total. The largest absolute Gasteiger partial charge is 0.691 e. The van der Waals surface area contributed by atoms with Gasteiger partial charge in [0, 0.05) is 12.8 Å². The molecule has 0 bridgehead atoms. The maximum Gasteiger partial charge on any atom is 0.415 e. The summed E-state index contributed by atoms with van der Waals surface area (Å²) >= 11 is -5.83. The topological polar surface area (TPSA) is 699 Å². The van der Waals surface area contributed by atoms with E-state index in [-0.39, 0.29) is 58.0 Å². The monoisotopic (exact) mass is 1960 g/mol.